The van der Waals surface area contributed by atoms with Gasteiger partial charge in [-0.15, -0.1) is 0 Å². The number of nitriles is 1. The summed E-state index contributed by atoms with van der Waals surface area (Å²) in [4.78, 5) is 43.5. The third kappa shape index (κ3) is 12.1. The molecule has 112 heavy (non-hydrogen) atoms. The highest BCUT2D eigenvalue weighted by atomic mass is 15.1. The zero-order chi connectivity index (χ0) is 75.2. The van der Waals surface area contributed by atoms with Gasteiger partial charge in [0.2, 0.25) is 0 Å². The quantitative estimate of drug-likeness (QED) is 0.0993. The van der Waals surface area contributed by atoms with Crippen LogP contribution in [0.2, 0.25) is 0 Å². The largest absolute Gasteiger partial charge is 0.309 e. The SMILES string of the molecule is [C-]#[N+]c1ccccc1-c1ccc2c(c1)c1cc(-c3ccccc3[N+]#[C-])ccc1n2-c1cc(-c2cccc(-c3cc(-c4nc(-c5ccccc5)nc(-c5ccccc5)n4)ccc3-n3c4ccc(-c5ccccc5C#N)cc4c4cc(-c5ccccc5[N+]#[C-])ccc43)c2)cc(-c2nc(-c3ccccc3)nc(-c3ccccc3)n2)c1. The van der Waals surface area contributed by atoms with E-state index in [2.05, 4.69) is 163 Å². The molecule has 518 valence electrons. The van der Waals surface area contributed by atoms with Gasteiger partial charge in [0.05, 0.1) is 59.1 Å². The van der Waals surface area contributed by atoms with Gasteiger partial charge in [-0.05, 0) is 158 Å². The van der Waals surface area contributed by atoms with Gasteiger partial charge < -0.3 is 9.13 Å². The molecule has 4 aromatic heterocycles. The second-order valence-electron chi connectivity index (χ2n) is 27.3. The van der Waals surface area contributed by atoms with E-state index in [9.17, 15) is 5.26 Å². The molecule has 0 bridgehead atoms. The maximum Gasteiger partial charge on any atom is 0.194 e. The molecule has 0 unspecified atom stereocenters. The Kier molecular flexibility index (Phi) is 16.8. The zero-order valence-electron chi connectivity index (χ0n) is 59.9. The summed E-state index contributed by atoms with van der Waals surface area (Å²) < 4.78 is 4.63. The van der Waals surface area contributed by atoms with Crippen molar-refractivity contribution in [3.8, 4) is 153 Å². The summed E-state index contributed by atoms with van der Waals surface area (Å²) in [5.41, 5.74) is 22.8. The maximum atomic E-state index is 10.5. The molecular formula is C100H58N12. The van der Waals surface area contributed by atoms with Gasteiger partial charge in [0.15, 0.2) is 52.0 Å². The van der Waals surface area contributed by atoms with Crippen LogP contribution < -0.4 is 0 Å². The molecule has 0 aliphatic carbocycles. The lowest BCUT2D eigenvalue weighted by atomic mass is 9.95. The highest BCUT2D eigenvalue weighted by Crippen LogP contribution is 2.46. The second kappa shape index (κ2) is 28.3. The van der Waals surface area contributed by atoms with Gasteiger partial charge in [0.25, 0.3) is 0 Å². The Hall–Kier alpha value is -16.1. The van der Waals surface area contributed by atoms with Crippen LogP contribution in [0.25, 0.3) is 205 Å². The lowest BCUT2D eigenvalue weighted by molar-refractivity contribution is 1.07. The van der Waals surface area contributed by atoms with Gasteiger partial charge in [0, 0.05) is 66.2 Å². The molecular weight excluding hydrogens is 1370 g/mol. The van der Waals surface area contributed by atoms with Crippen molar-refractivity contribution in [1.29, 1.82) is 5.26 Å². The highest BCUT2D eigenvalue weighted by molar-refractivity contribution is 6.14. The number of rotatable bonds is 14. The van der Waals surface area contributed by atoms with Crippen molar-refractivity contribution < 1.29 is 0 Å². The monoisotopic (exact) mass is 1430 g/mol. The molecule has 12 heteroatoms. The Morgan fingerprint density at radius 3 is 0.964 bits per heavy atom. The number of hydrogen-bond acceptors (Lipinski definition) is 7. The molecule has 0 radical (unpaired) electrons. The van der Waals surface area contributed by atoms with Gasteiger partial charge in [-0.3, -0.25) is 0 Å². The van der Waals surface area contributed by atoms with Crippen molar-refractivity contribution in [2.45, 2.75) is 0 Å². The van der Waals surface area contributed by atoms with Crippen LogP contribution in [0.5, 0.6) is 0 Å². The number of para-hydroxylation sites is 3. The summed E-state index contributed by atoms with van der Waals surface area (Å²) in [5, 5.41) is 14.3. The third-order valence-corrected chi connectivity index (χ3v) is 20.7. The van der Waals surface area contributed by atoms with E-state index in [-0.39, 0.29) is 0 Å². The molecule has 19 rings (SSSR count). The summed E-state index contributed by atoms with van der Waals surface area (Å²) in [6.45, 7) is 24.7. The van der Waals surface area contributed by atoms with Gasteiger partial charge in [-0.2, -0.15) is 5.26 Å². The standard InChI is InChI=1S/C100H58N12/c1-102-87-40-21-18-37-79(87)70-44-48-91-83(58-70)84-59-71(80-38-19-22-41-88(80)103-2)45-49-92(84)111(91)77-55-75(54-76(56-77)100-109-97(65-29-12-6-13-30-65)106-98(110-100)66-31-14-7-15-32-66)67-34-24-35-68(53-67)82-61-73(99-107-95(63-25-8-4-9-26-63)105-96(108-99)64-27-10-5-11-28-64)47-52-90(82)112-93-50-43-69(78-36-17-16-33-74(78)62-101)57-85(93)86-60-72(46-51-94(86)112)81-39-20-23-42-89(81)104-3/h4-61H. The first kappa shape index (κ1) is 66.6. The molecule has 0 amide bonds. The molecule has 4 heterocycles. The summed E-state index contributed by atoms with van der Waals surface area (Å²) in [6, 6.07) is 121. The molecule has 0 atom stereocenters. The van der Waals surface area contributed by atoms with E-state index >= 15 is 0 Å². The number of benzene rings is 15. The molecule has 0 spiro atoms. The van der Waals surface area contributed by atoms with Crippen LogP contribution in [0.15, 0.2) is 352 Å². The number of hydrogen-bond donors (Lipinski definition) is 0. The lowest BCUT2D eigenvalue weighted by Gasteiger charge is -2.18. The molecule has 0 N–H and O–H groups in total. The molecule has 15 aromatic carbocycles. The van der Waals surface area contributed by atoms with Crippen LogP contribution in [0, 0.1) is 31.0 Å². The van der Waals surface area contributed by atoms with Crippen molar-refractivity contribution in [3.63, 3.8) is 0 Å². The van der Waals surface area contributed by atoms with Crippen LogP contribution in [0.4, 0.5) is 17.1 Å². The average Bonchev–Trinajstić information content (AvgIpc) is 1.59. The van der Waals surface area contributed by atoms with Gasteiger partial charge >= 0.3 is 0 Å². The predicted molar refractivity (Wildman–Crippen MR) is 451 cm³/mol. The van der Waals surface area contributed by atoms with Crippen LogP contribution in [-0.2, 0) is 0 Å². The van der Waals surface area contributed by atoms with Gasteiger partial charge in [-0.25, -0.2) is 44.4 Å². The summed E-state index contributed by atoms with van der Waals surface area (Å²) in [5.74, 6) is 3.05. The summed E-state index contributed by atoms with van der Waals surface area (Å²) >= 11 is 0. The van der Waals surface area contributed by atoms with Gasteiger partial charge in [0.1, 0.15) is 0 Å². The predicted octanol–water partition coefficient (Wildman–Crippen LogP) is 25.8. The molecule has 0 saturated heterocycles. The molecule has 0 aliphatic heterocycles. The topological polar surface area (TPSA) is 124 Å². The van der Waals surface area contributed by atoms with Crippen molar-refractivity contribution in [3.05, 3.63) is 392 Å². The van der Waals surface area contributed by atoms with E-state index in [0.717, 1.165) is 155 Å². The molecule has 0 aliphatic rings. The van der Waals surface area contributed by atoms with Crippen molar-refractivity contribution in [2.75, 3.05) is 0 Å². The molecule has 19 aromatic rings. The van der Waals surface area contributed by atoms with E-state index in [0.29, 0.717) is 57.6 Å². The molecule has 12 nitrogen and oxygen atoms in total. The second-order valence-corrected chi connectivity index (χ2v) is 27.3. The fraction of sp³-hybridized carbons (Fsp3) is 0. The van der Waals surface area contributed by atoms with E-state index in [1.54, 1.807) is 0 Å². The maximum absolute atomic E-state index is 10.5. The van der Waals surface area contributed by atoms with Crippen LogP contribution in [0.1, 0.15) is 5.56 Å². The van der Waals surface area contributed by atoms with Crippen molar-refractivity contribution >= 4 is 60.7 Å². The van der Waals surface area contributed by atoms with Crippen LogP contribution >= 0.6 is 0 Å². The molecule has 0 fully saturated rings. The number of fused-ring (bicyclic) bond motifs is 6. The van der Waals surface area contributed by atoms with Crippen LogP contribution in [-0.4, -0.2) is 39.0 Å². The van der Waals surface area contributed by atoms with Crippen LogP contribution in [0.3, 0.4) is 0 Å². The lowest BCUT2D eigenvalue weighted by Crippen LogP contribution is -2.02. The third-order valence-electron chi connectivity index (χ3n) is 20.7. The Balaban J connectivity index is 0.875. The van der Waals surface area contributed by atoms with E-state index < -0.39 is 0 Å². The minimum atomic E-state index is 0.465. The van der Waals surface area contributed by atoms with E-state index in [1.165, 1.54) is 0 Å². The summed E-state index contributed by atoms with van der Waals surface area (Å²) in [6.07, 6.45) is 0. The Morgan fingerprint density at radius 2 is 0.545 bits per heavy atom. The Morgan fingerprint density at radius 1 is 0.232 bits per heavy atom. The fourth-order valence-corrected chi connectivity index (χ4v) is 15.4. The fourth-order valence-electron chi connectivity index (χ4n) is 15.4. The zero-order valence-corrected chi connectivity index (χ0v) is 59.9. The Bertz CT molecular complexity index is 6830. The minimum absolute atomic E-state index is 0.465. The van der Waals surface area contributed by atoms with E-state index in [4.69, 9.17) is 49.6 Å². The minimum Gasteiger partial charge on any atom is -0.309 e. The molecule has 0 saturated carbocycles. The number of nitrogens with zero attached hydrogens (tertiary/aromatic N) is 12. The smallest absolute Gasteiger partial charge is 0.194 e. The average molecular weight is 1430 g/mol. The van der Waals surface area contributed by atoms with Crippen molar-refractivity contribution in [1.82, 2.24) is 39.0 Å². The first-order valence-corrected chi connectivity index (χ1v) is 36.5. The van der Waals surface area contributed by atoms with Crippen molar-refractivity contribution in [2.24, 2.45) is 0 Å². The first-order valence-electron chi connectivity index (χ1n) is 36.5. The number of aromatic nitrogens is 8. The van der Waals surface area contributed by atoms with Gasteiger partial charge in [-0.1, -0.05) is 255 Å². The first-order chi connectivity index (χ1) is 55.3. The van der Waals surface area contributed by atoms with E-state index in [1.807, 2.05) is 218 Å². The summed E-state index contributed by atoms with van der Waals surface area (Å²) in [7, 11) is 0. The Labute approximate surface area is 645 Å². The normalized spacial score (nSPS) is 11.2. The highest BCUT2D eigenvalue weighted by Gasteiger charge is 2.25.